The highest BCUT2D eigenvalue weighted by molar-refractivity contribution is 9.12. The molecule has 2 unspecified atom stereocenters. The molecule has 0 aliphatic carbocycles. The Bertz CT molecular complexity index is 455. The van der Waals surface area contributed by atoms with Crippen LogP contribution >= 0.6 is 55.6 Å². The van der Waals surface area contributed by atoms with Gasteiger partial charge in [-0.1, -0.05) is 6.92 Å². The van der Waals surface area contributed by atoms with Crippen molar-refractivity contribution in [3.8, 4) is 0 Å². The van der Waals surface area contributed by atoms with E-state index in [1.807, 2.05) is 11.0 Å². The second-order valence-electron chi connectivity index (χ2n) is 4.76. The molecule has 2 rings (SSSR count). The lowest BCUT2D eigenvalue weighted by atomic mass is 9.92. The lowest BCUT2D eigenvalue weighted by Crippen LogP contribution is -2.49. The maximum absolute atomic E-state index is 12.5. The van der Waals surface area contributed by atoms with Crippen LogP contribution in [0.4, 0.5) is 0 Å². The molecule has 3 nitrogen and oxygen atoms in total. The number of rotatable bonds is 2. The predicted molar refractivity (Wildman–Crippen MR) is 89.2 cm³/mol. The highest BCUT2D eigenvalue weighted by Gasteiger charge is 2.30. The maximum Gasteiger partial charge on any atom is 0.256 e. The van der Waals surface area contributed by atoms with Gasteiger partial charge in [0.05, 0.1) is 13.1 Å². The van der Waals surface area contributed by atoms with E-state index < -0.39 is 0 Å². The van der Waals surface area contributed by atoms with E-state index in [-0.39, 0.29) is 24.4 Å². The van der Waals surface area contributed by atoms with Gasteiger partial charge in [-0.3, -0.25) is 4.79 Å². The Labute approximate surface area is 140 Å². The molecule has 0 radical (unpaired) electrons. The van der Waals surface area contributed by atoms with E-state index in [0.29, 0.717) is 12.5 Å². The number of hydrogen-bond donors (Lipinski definition) is 1. The SMILES string of the molecule is CC1CCN(C(=O)c2cc(Br)sc2Br)C(CN)C1.Cl. The van der Waals surface area contributed by atoms with Crippen molar-refractivity contribution in [3.63, 3.8) is 0 Å². The van der Waals surface area contributed by atoms with Gasteiger partial charge in [-0.05, 0) is 56.7 Å². The zero-order valence-electron chi connectivity index (χ0n) is 10.6. The van der Waals surface area contributed by atoms with Gasteiger partial charge < -0.3 is 10.6 Å². The second kappa shape index (κ2) is 7.41. The molecule has 1 saturated heterocycles. The maximum atomic E-state index is 12.5. The summed E-state index contributed by atoms with van der Waals surface area (Å²) in [6.45, 7) is 3.57. The normalized spacial score (nSPS) is 23.1. The first-order chi connectivity index (χ1) is 8.52. The molecule has 0 aromatic carbocycles. The van der Waals surface area contributed by atoms with Gasteiger partial charge >= 0.3 is 0 Å². The van der Waals surface area contributed by atoms with Crippen molar-refractivity contribution < 1.29 is 4.79 Å². The van der Waals surface area contributed by atoms with Gasteiger partial charge in [-0.25, -0.2) is 0 Å². The summed E-state index contributed by atoms with van der Waals surface area (Å²) in [6.07, 6.45) is 2.07. The summed E-state index contributed by atoms with van der Waals surface area (Å²) in [7, 11) is 0. The average Bonchev–Trinajstić information content (AvgIpc) is 2.67. The molecule has 2 heterocycles. The summed E-state index contributed by atoms with van der Waals surface area (Å²) in [4.78, 5) is 14.5. The number of piperidine rings is 1. The van der Waals surface area contributed by atoms with E-state index in [1.165, 1.54) is 11.3 Å². The molecular formula is C12H17Br2ClN2OS. The summed E-state index contributed by atoms with van der Waals surface area (Å²) in [5.74, 6) is 0.742. The van der Waals surface area contributed by atoms with E-state index in [2.05, 4.69) is 38.8 Å². The fourth-order valence-corrected chi connectivity index (χ4v) is 5.16. The third-order valence-electron chi connectivity index (χ3n) is 3.40. The molecule has 1 aromatic rings. The Balaban J connectivity index is 0.00000180. The van der Waals surface area contributed by atoms with Crippen molar-refractivity contribution in [2.24, 2.45) is 11.7 Å². The first kappa shape index (κ1) is 17.4. The van der Waals surface area contributed by atoms with Gasteiger partial charge in [0.1, 0.15) is 0 Å². The molecule has 7 heteroatoms. The number of nitrogens with zero attached hydrogens (tertiary/aromatic N) is 1. The van der Waals surface area contributed by atoms with Crippen molar-refractivity contribution in [1.29, 1.82) is 0 Å². The van der Waals surface area contributed by atoms with Gasteiger partial charge in [0.2, 0.25) is 0 Å². The molecule has 1 aliphatic rings. The van der Waals surface area contributed by atoms with E-state index in [1.54, 1.807) is 0 Å². The second-order valence-corrected chi connectivity index (χ2v) is 8.50. The van der Waals surface area contributed by atoms with E-state index in [0.717, 1.165) is 32.5 Å². The number of carbonyl (C=O) groups excluding carboxylic acids is 1. The van der Waals surface area contributed by atoms with E-state index in [9.17, 15) is 4.79 Å². The first-order valence-electron chi connectivity index (χ1n) is 5.98. The molecule has 1 aliphatic heterocycles. The Kier molecular flexibility index (Phi) is 6.79. The van der Waals surface area contributed by atoms with Crippen molar-refractivity contribution in [1.82, 2.24) is 4.90 Å². The highest BCUT2D eigenvalue weighted by atomic mass is 79.9. The molecule has 0 spiro atoms. The minimum Gasteiger partial charge on any atom is -0.334 e. The van der Waals surface area contributed by atoms with Gasteiger partial charge in [0.15, 0.2) is 0 Å². The van der Waals surface area contributed by atoms with Gasteiger partial charge in [0, 0.05) is 19.1 Å². The summed E-state index contributed by atoms with van der Waals surface area (Å²) < 4.78 is 1.85. The first-order valence-corrected chi connectivity index (χ1v) is 8.39. The number of hydrogen-bond acceptors (Lipinski definition) is 3. The molecule has 2 atom stereocenters. The monoisotopic (exact) mass is 430 g/mol. The van der Waals surface area contributed by atoms with Crippen molar-refractivity contribution in [2.45, 2.75) is 25.8 Å². The Morgan fingerprint density at radius 1 is 1.58 bits per heavy atom. The molecule has 1 fully saturated rings. The zero-order chi connectivity index (χ0) is 13.3. The number of halogens is 3. The molecule has 0 saturated carbocycles. The fourth-order valence-electron chi connectivity index (χ4n) is 2.38. The highest BCUT2D eigenvalue weighted by Crippen LogP contribution is 2.34. The number of thiophene rings is 1. The number of amides is 1. The molecule has 2 N–H and O–H groups in total. The molecule has 108 valence electrons. The molecule has 0 bridgehead atoms. The molecule has 1 amide bonds. The standard InChI is InChI=1S/C12H16Br2N2OS.ClH/c1-7-2-3-16(8(4-7)6-15)12(17)9-5-10(13)18-11(9)14;/h5,7-8H,2-4,6,15H2,1H3;1H. The van der Waals surface area contributed by atoms with E-state index >= 15 is 0 Å². The molecule has 19 heavy (non-hydrogen) atoms. The van der Waals surface area contributed by atoms with Crippen molar-refractivity contribution in [3.05, 3.63) is 19.2 Å². The van der Waals surface area contributed by atoms with Gasteiger partial charge in [0.25, 0.3) is 5.91 Å². The number of carbonyl (C=O) groups is 1. The van der Waals surface area contributed by atoms with Gasteiger partial charge in [-0.2, -0.15) is 0 Å². The average molecular weight is 433 g/mol. The molecular weight excluding hydrogens is 415 g/mol. The Hall–Kier alpha value is 0.380. The number of nitrogens with two attached hydrogens (primary N) is 1. The van der Waals surface area contributed by atoms with Crippen LogP contribution in [0.1, 0.15) is 30.1 Å². The van der Waals surface area contributed by atoms with Crippen molar-refractivity contribution >= 4 is 61.5 Å². The van der Waals surface area contributed by atoms with Crippen LogP contribution in [0.2, 0.25) is 0 Å². The van der Waals surface area contributed by atoms with Crippen LogP contribution in [0.3, 0.4) is 0 Å². The summed E-state index contributed by atoms with van der Waals surface area (Å²) in [5.41, 5.74) is 6.54. The lowest BCUT2D eigenvalue weighted by molar-refractivity contribution is 0.0573. The van der Waals surface area contributed by atoms with Crippen molar-refractivity contribution in [2.75, 3.05) is 13.1 Å². The van der Waals surface area contributed by atoms with Crippen LogP contribution < -0.4 is 5.73 Å². The van der Waals surface area contributed by atoms with Crippen LogP contribution in [0.25, 0.3) is 0 Å². The Morgan fingerprint density at radius 2 is 2.26 bits per heavy atom. The third-order valence-corrected chi connectivity index (χ3v) is 5.74. The third kappa shape index (κ3) is 3.94. The van der Waals surface area contributed by atoms with Crippen LogP contribution in [0.5, 0.6) is 0 Å². The quantitative estimate of drug-likeness (QED) is 0.771. The lowest BCUT2D eigenvalue weighted by Gasteiger charge is -2.38. The minimum atomic E-state index is 0. The topological polar surface area (TPSA) is 46.3 Å². The van der Waals surface area contributed by atoms with Crippen LogP contribution in [0, 0.1) is 5.92 Å². The number of likely N-dealkylation sites (tertiary alicyclic amines) is 1. The smallest absolute Gasteiger partial charge is 0.256 e. The minimum absolute atomic E-state index is 0. The fraction of sp³-hybridized carbons (Fsp3) is 0.583. The summed E-state index contributed by atoms with van der Waals surface area (Å²) in [5, 5.41) is 0. The zero-order valence-corrected chi connectivity index (χ0v) is 15.4. The van der Waals surface area contributed by atoms with Gasteiger partial charge in [-0.15, -0.1) is 23.7 Å². The van der Waals surface area contributed by atoms with Crippen LogP contribution in [0.15, 0.2) is 13.6 Å². The summed E-state index contributed by atoms with van der Waals surface area (Å²) in [6, 6.07) is 2.05. The summed E-state index contributed by atoms with van der Waals surface area (Å²) >= 11 is 8.38. The van der Waals surface area contributed by atoms with E-state index in [4.69, 9.17) is 5.73 Å². The molecule has 1 aromatic heterocycles. The largest absolute Gasteiger partial charge is 0.334 e. The van der Waals surface area contributed by atoms with Crippen LogP contribution in [-0.4, -0.2) is 29.9 Å². The predicted octanol–water partition coefficient (Wildman–Crippen LogP) is 3.89. The van der Waals surface area contributed by atoms with Crippen LogP contribution in [-0.2, 0) is 0 Å². The Morgan fingerprint density at radius 3 is 2.79 bits per heavy atom.